The number of piperidine rings is 1. The molecule has 9 heteroatoms. The summed E-state index contributed by atoms with van der Waals surface area (Å²) in [6.45, 7) is 2.09. The van der Waals surface area contributed by atoms with Gasteiger partial charge in [-0.3, -0.25) is 0 Å². The molecule has 0 bridgehead atoms. The van der Waals surface area contributed by atoms with E-state index in [0.717, 1.165) is 19.4 Å². The number of sulfonamides is 1. The number of aromatic nitrogens is 3. The molecule has 0 unspecified atom stereocenters. The van der Waals surface area contributed by atoms with Gasteiger partial charge in [-0.15, -0.1) is 5.10 Å². The number of halogens is 1. The van der Waals surface area contributed by atoms with E-state index in [2.05, 4.69) is 31.6 Å². The summed E-state index contributed by atoms with van der Waals surface area (Å²) in [6.07, 6.45) is 2.21. The average Bonchev–Trinajstić information content (AvgIpc) is 2.93. The Kier molecular flexibility index (Phi) is 3.40. The Balaban J connectivity index is 1.90. The third-order valence-corrected chi connectivity index (χ3v) is 6.61. The summed E-state index contributed by atoms with van der Waals surface area (Å²) >= 11 is 3.16. The molecule has 1 aromatic rings. The van der Waals surface area contributed by atoms with E-state index in [9.17, 15) is 8.42 Å². The van der Waals surface area contributed by atoms with Crippen LogP contribution in [-0.2, 0) is 17.1 Å². The Morgan fingerprint density at radius 2 is 2.21 bits per heavy atom. The third-order valence-electron chi connectivity index (χ3n) is 3.89. The fourth-order valence-electron chi connectivity index (χ4n) is 2.92. The van der Waals surface area contributed by atoms with Gasteiger partial charge in [0.2, 0.25) is 5.03 Å². The Morgan fingerprint density at radius 1 is 1.42 bits per heavy atom. The van der Waals surface area contributed by atoms with Gasteiger partial charge in [0.1, 0.15) is 0 Å². The molecule has 2 fully saturated rings. The highest BCUT2D eigenvalue weighted by molar-refractivity contribution is 9.10. The second kappa shape index (κ2) is 4.80. The van der Waals surface area contributed by atoms with Gasteiger partial charge in [0, 0.05) is 26.2 Å². The van der Waals surface area contributed by atoms with Crippen LogP contribution in [0.15, 0.2) is 9.63 Å². The largest absolute Gasteiger partial charge is 0.312 e. The van der Waals surface area contributed by atoms with Gasteiger partial charge >= 0.3 is 0 Å². The lowest BCUT2D eigenvalue weighted by atomic mass is 9.94. The van der Waals surface area contributed by atoms with Crippen LogP contribution < -0.4 is 5.32 Å². The SMILES string of the molecule is Cn1nnc(Br)c1S(=O)(=O)N1C[C@@H]2CCCN[C@@H]2C1. The van der Waals surface area contributed by atoms with Crippen molar-refractivity contribution in [3.8, 4) is 0 Å². The van der Waals surface area contributed by atoms with Crippen molar-refractivity contribution < 1.29 is 8.42 Å². The first kappa shape index (κ1) is 13.5. The zero-order chi connectivity index (χ0) is 13.6. The van der Waals surface area contributed by atoms with Crippen molar-refractivity contribution in [2.45, 2.75) is 23.9 Å². The highest BCUT2D eigenvalue weighted by Crippen LogP contribution is 2.30. The highest BCUT2D eigenvalue weighted by atomic mass is 79.9. The van der Waals surface area contributed by atoms with E-state index in [0.29, 0.717) is 19.0 Å². The Hall–Kier alpha value is -0.510. The molecular weight excluding hydrogens is 334 g/mol. The van der Waals surface area contributed by atoms with E-state index >= 15 is 0 Å². The van der Waals surface area contributed by atoms with Crippen molar-refractivity contribution in [1.82, 2.24) is 24.6 Å². The minimum Gasteiger partial charge on any atom is -0.312 e. The highest BCUT2D eigenvalue weighted by Gasteiger charge is 2.42. The van der Waals surface area contributed by atoms with Crippen molar-refractivity contribution in [2.75, 3.05) is 19.6 Å². The molecule has 0 spiro atoms. The maximum atomic E-state index is 12.6. The zero-order valence-electron chi connectivity index (χ0n) is 10.6. The molecule has 0 amide bonds. The molecular formula is C10H16BrN5O2S. The quantitative estimate of drug-likeness (QED) is 0.809. The van der Waals surface area contributed by atoms with Crippen LogP contribution in [0.1, 0.15) is 12.8 Å². The molecule has 1 N–H and O–H groups in total. The number of hydrogen-bond donors (Lipinski definition) is 1. The fraction of sp³-hybridized carbons (Fsp3) is 0.800. The zero-order valence-corrected chi connectivity index (χ0v) is 13.0. The van der Waals surface area contributed by atoms with Crippen molar-refractivity contribution in [3.05, 3.63) is 4.60 Å². The summed E-state index contributed by atoms with van der Waals surface area (Å²) in [5.41, 5.74) is 0. The molecule has 2 atom stereocenters. The summed E-state index contributed by atoms with van der Waals surface area (Å²) in [6, 6.07) is 0.281. The first-order valence-corrected chi connectivity index (χ1v) is 8.52. The van der Waals surface area contributed by atoms with Gasteiger partial charge in [0.15, 0.2) is 4.60 Å². The predicted octanol–water partition coefficient (Wildman–Crippen LogP) is -0.0499. The van der Waals surface area contributed by atoms with E-state index in [1.165, 1.54) is 4.68 Å². The summed E-state index contributed by atoms with van der Waals surface area (Å²) in [5, 5.41) is 11.0. The van der Waals surface area contributed by atoms with Crippen LogP contribution in [0.5, 0.6) is 0 Å². The Morgan fingerprint density at radius 3 is 2.84 bits per heavy atom. The summed E-state index contributed by atoms with van der Waals surface area (Å²) < 4.78 is 28.4. The average molecular weight is 350 g/mol. The van der Waals surface area contributed by atoms with Crippen LogP contribution in [0.2, 0.25) is 0 Å². The lowest BCUT2D eigenvalue weighted by molar-refractivity contribution is 0.339. The second-order valence-electron chi connectivity index (χ2n) is 5.09. The molecule has 19 heavy (non-hydrogen) atoms. The van der Waals surface area contributed by atoms with Crippen LogP contribution in [0.4, 0.5) is 0 Å². The van der Waals surface area contributed by atoms with Crippen molar-refractivity contribution in [3.63, 3.8) is 0 Å². The van der Waals surface area contributed by atoms with Crippen molar-refractivity contribution in [2.24, 2.45) is 13.0 Å². The van der Waals surface area contributed by atoms with Gasteiger partial charge in [0.25, 0.3) is 10.0 Å². The predicted molar refractivity (Wildman–Crippen MR) is 72.0 cm³/mol. The van der Waals surface area contributed by atoms with Crippen molar-refractivity contribution in [1.29, 1.82) is 0 Å². The number of rotatable bonds is 2. The summed E-state index contributed by atoms with van der Waals surface area (Å²) in [7, 11) is -1.94. The lowest BCUT2D eigenvalue weighted by Gasteiger charge is -2.24. The molecule has 2 aliphatic heterocycles. The number of nitrogens with zero attached hydrogens (tertiary/aromatic N) is 4. The number of hydrogen-bond acceptors (Lipinski definition) is 5. The van der Waals surface area contributed by atoms with Gasteiger partial charge in [-0.05, 0) is 41.2 Å². The lowest BCUT2D eigenvalue weighted by Crippen LogP contribution is -2.41. The van der Waals surface area contributed by atoms with E-state index in [4.69, 9.17) is 0 Å². The summed E-state index contributed by atoms with van der Waals surface area (Å²) in [4.78, 5) is 0. The topological polar surface area (TPSA) is 80.1 Å². The molecule has 106 valence electrons. The van der Waals surface area contributed by atoms with Gasteiger partial charge in [0.05, 0.1) is 0 Å². The van der Waals surface area contributed by atoms with E-state index < -0.39 is 10.0 Å². The van der Waals surface area contributed by atoms with E-state index in [1.807, 2.05) is 0 Å². The van der Waals surface area contributed by atoms with Crippen LogP contribution in [0.3, 0.4) is 0 Å². The van der Waals surface area contributed by atoms with Crippen LogP contribution in [0, 0.1) is 5.92 Å². The minimum atomic E-state index is -3.53. The van der Waals surface area contributed by atoms with E-state index in [1.54, 1.807) is 11.4 Å². The van der Waals surface area contributed by atoms with Gasteiger partial charge < -0.3 is 5.32 Å². The smallest absolute Gasteiger partial charge is 0.263 e. The van der Waals surface area contributed by atoms with Gasteiger partial charge in [-0.2, -0.15) is 4.31 Å². The molecule has 0 aromatic carbocycles. The molecule has 0 aliphatic carbocycles. The standard InChI is InChI=1S/C10H16BrN5O2S/c1-15-10(9(11)13-14-15)19(17,18)16-5-7-3-2-4-12-8(7)6-16/h7-8,12H,2-6H2,1H3/t7-,8+/m0/s1. The molecule has 1 aromatic heterocycles. The maximum absolute atomic E-state index is 12.6. The van der Waals surface area contributed by atoms with Gasteiger partial charge in [-0.25, -0.2) is 13.1 Å². The molecule has 3 rings (SSSR count). The number of fused-ring (bicyclic) bond motifs is 1. The van der Waals surface area contributed by atoms with Crippen LogP contribution >= 0.6 is 15.9 Å². The first-order chi connectivity index (χ1) is 9.00. The molecule has 0 saturated carbocycles. The molecule has 2 aliphatic rings. The monoisotopic (exact) mass is 349 g/mol. The molecule has 2 saturated heterocycles. The second-order valence-corrected chi connectivity index (χ2v) is 7.70. The Labute approximate surface area is 120 Å². The van der Waals surface area contributed by atoms with E-state index in [-0.39, 0.29) is 15.7 Å². The van der Waals surface area contributed by atoms with Crippen molar-refractivity contribution >= 4 is 26.0 Å². The van der Waals surface area contributed by atoms with Crippen LogP contribution in [0.25, 0.3) is 0 Å². The number of aryl methyl sites for hydroxylation is 1. The molecule has 0 radical (unpaired) electrons. The molecule has 7 nitrogen and oxygen atoms in total. The fourth-order valence-corrected chi connectivity index (χ4v) is 5.48. The first-order valence-electron chi connectivity index (χ1n) is 6.29. The third kappa shape index (κ3) is 2.22. The molecule has 3 heterocycles. The summed E-state index contributed by atoms with van der Waals surface area (Å²) in [5.74, 6) is 0.420. The maximum Gasteiger partial charge on any atom is 0.263 e. The normalized spacial score (nSPS) is 28.5. The number of nitrogens with one attached hydrogen (secondary N) is 1. The van der Waals surface area contributed by atoms with Gasteiger partial charge in [-0.1, -0.05) is 5.21 Å². The minimum absolute atomic E-state index is 0.131. The Bertz CT molecular complexity index is 553. The van der Waals surface area contributed by atoms with Crippen LogP contribution in [-0.4, -0.2) is 53.4 Å².